The molecule has 0 bridgehead atoms. The van der Waals surface area contributed by atoms with Crippen LogP contribution in [0.3, 0.4) is 0 Å². The zero-order valence-electron chi connectivity index (χ0n) is 19.6. The van der Waals surface area contributed by atoms with E-state index >= 15 is 0 Å². The summed E-state index contributed by atoms with van der Waals surface area (Å²) < 4.78 is 65.8. The molecule has 0 radical (unpaired) electrons. The van der Waals surface area contributed by atoms with Gasteiger partial charge in [-0.25, -0.2) is 14.6 Å². The van der Waals surface area contributed by atoms with E-state index in [1.807, 2.05) is 18.5 Å². The number of carboxylic acid groups (broad SMARTS) is 2. The Morgan fingerprint density at radius 1 is 0.892 bits per heavy atom. The Balaban J connectivity index is 0.000000286. The first-order valence-electron chi connectivity index (χ1n) is 11.2. The highest BCUT2D eigenvalue weighted by molar-refractivity contribution is 5.73. The predicted molar refractivity (Wildman–Crippen MR) is 117 cm³/mol. The van der Waals surface area contributed by atoms with Crippen LogP contribution in [-0.4, -0.2) is 85.0 Å². The monoisotopic (exact) mass is 539 g/mol. The summed E-state index contributed by atoms with van der Waals surface area (Å²) in [6.45, 7) is 7.78. The molecule has 2 aliphatic rings. The number of fused-ring (bicyclic) bond motifs is 1. The van der Waals surface area contributed by atoms with Gasteiger partial charge in [0.2, 0.25) is 0 Å². The number of hydrogen-bond acceptors (Lipinski definition) is 6. The summed E-state index contributed by atoms with van der Waals surface area (Å²) in [4.78, 5) is 32.0. The summed E-state index contributed by atoms with van der Waals surface area (Å²) in [7, 11) is 0. The average Bonchev–Trinajstić information content (AvgIpc) is 3.43. The van der Waals surface area contributed by atoms with Crippen LogP contribution in [-0.2, 0) is 29.2 Å². The highest BCUT2D eigenvalue weighted by atomic mass is 19.4. The quantitative estimate of drug-likeness (QED) is 0.570. The highest BCUT2D eigenvalue weighted by Crippen LogP contribution is 2.20. The van der Waals surface area contributed by atoms with Crippen LogP contribution in [0.1, 0.15) is 24.4 Å². The van der Waals surface area contributed by atoms with E-state index in [0.29, 0.717) is 5.92 Å². The Labute approximate surface area is 208 Å². The molecule has 0 amide bonds. The Morgan fingerprint density at radius 3 is 2.00 bits per heavy atom. The second kappa shape index (κ2) is 13.4. The summed E-state index contributed by atoms with van der Waals surface area (Å²) in [6.07, 6.45) is -1.49. The lowest BCUT2D eigenvalue weighted by Crippen LogP contribution is -2.35. The van der Waals surface area contributed by atoms with Crippen LogP contribution < -0.4 is 0 Å². The van der Waals surface area contributed by atoms with Gasteiger partial charge < -0.3 is 19.7 Å². The molecule has 2 aromatic rings. The molecule has 0 aliphatic carbocycles. The minimum Gasteiger partial charge on any atom is -0.475 e. The summed E-state index contributed by atoms with van der Waals surface area (Å²) in [5, 5.41) is 14.2. The van der Waals surface area contributed by atoms with Gasteiger partial charge in [0.25, 0.3) is 0 Å². The van der Waals surface area contributed by atoms with Crippen LogP contribution in [0.25, 0.3) is 0 Å². The molecule has 15 heteroatoms. The SMILES string of the molecule is O=C(O)C(F)(F)F.O=C(O)C(F)(F)F.c1ccc(CN2Cc3nccn3CC(CN3CCCC3)C2)nc1. The van der Waals surface area contributed by atoms with Crippen LogP contribution in [0.5, 0.6) is 0 Å². The van der Waals surface area contributed by atoms with E-state index in [2.05, 4.69) is 42.7 Å². The van der Waals surface area contributed by atoms with E-state index in [1.165, 1.54) is 38.3 Å². The number of carboxylic acids is 2. The van der Waals surface area contributed by atoms with Crippen molar-refractivity contribution in [2.24, 2.45) is 5.92 Å². The number of alkyl halides is 6. The van der Waals surface area contributed by atoms with E-state index in [-0.39, 0.29) is 0 Å². The summed E-state index contributed by atoms with van der Waals surface area (Å²) in [6, 6.07) is 6.17. The first-order valence-corrected chi connectivity index (χ1v) is 11.2. The standard InChI is InChI=1S/C18H25N5.2C2HF3O2/c1-2-6-19-17(5-1)14-22-12-16(11-21-8-3-4-9-21)13-23-10-7-20-18(23)15-22;2*3-2(4,5)1(6)7/h1-2,5-7,10,16H,3-4,8-9,11-15H2;2*(H,6,7). The van der Waals surface area contributed by atoms with Gasteiger partial charge in [-0.15, -0.1) is 0 Å². The Bertz CT molecular complexity index is 969. The fraction of sp³-hybridized carbons (Fsp3) is 0.545. The van der Waals surface area contributed by atoms with Crippen molar-refractivity contribution in [3.63, 3.8) is 0 Å². The van der Waals surface area contributed by atoms with E-state index in [9.17, 15) is 26.3 Å². The van der Waals surface area contributed by atoms with Gasteiger partial charge >= 0.3 is 24.3 Å². The molecule has 1 saturated heterocycles. The van der Waals surface area contributed by atoms with Crippen molar-refractivity contribution in [3.8, 4) is 0 Å². The number of carbonyl (C=O) groups is 2. The molecule has 1 atom stereocenters. The van der Waals surface area contributed by atoms with Crippen LogP contribution in [0.15, 0.2) is 36.8 Å². The molecule has 2 aromatic heterocycles. The van der Waals surface area contributed by atoms with Gasteiger partial charge in [0.05, 0.1) is 12.2 Å². The molecule has 0 saturated carbocycles. The zero-order valence-corrected chi connectivity index (χ0v) is 19.6. The fourth-order valence-corrected chi connectivity index (χ4v) is 3.91. The largest absolute Gasteiger partial charge is 0.490 e. The Hall–Kier alpha value is -3.20. The smallest absolute Gasteiger partial charge is 0.475 e. The molecule has 4 heterocycles. The first kappa shape index (κ1) is 30.0. The van der Waals surface area contributed by atoms with Gasteiger partial charge in [-0.05, 0) is 38.1 Å². The third-order valence-electron chi connectivity index (χ3n) is 5.45. The maximum absolute atomic E-state index is 10.6. The van der Waals surface area contributed by atoms with Crippen molar-refractivity contribution in [2.45, 2.75) is 44.8 Å². The van der Waals surface area contributed by atoms with Gasteiger partial charge in [-0.3, -0.25) is 9.88 Å². The number of hydrogen-bond donors (Lipinski definition) is 2. The van der Waals surface area contributed by atoms with Crippen LogP contribution in [0.2, 0.25) is 0 Å². The molecule has 4 rings (SSSR count). The third-order valence-corrected chi connectivity index (χ3v) is 5.45. The number of imidazole rings is 1. The number of aromatic nitrogens is 3. The van der Waals surface area contributed by atoms with E-state index < -0.39 is 24.3 Å². The van der Waals surface area contributed by atoms with Crippen molar-refractivity contribution in [2.75, 3.05) is 26.2 Å². The van der Waals surface area contributed by atoms with Crippen molar-refractivity contribution < 1.29 is 46.1 Å². The second-order valence-corrected chi connectivity index (χ2v) is 8.47. The van der Waals surface area contributed by atoms with Gasteiger partial charge in [-0.2, -0.15) is 26.3 Å². The predicted octanol–water partition coefficient (Wildman–Crippen LogP) is 3.27. The van der Waals surface area contributed by atoms with Crippen molar-refractivity contribution >= 4 is 11.9 Å². The van der Waals surface area contributed by atoms with Crippen molar-refractivity contribution in [1.29, 1.82) is 0 Å². The van der Waals surface area contributed by atoms with Crippen molar-refractivity contribution in [3.05, 3.63) is 48.3 Å². The molecular weight excluding hydrogens is 512 g/mol. The molecule has 1 fully saturated rings. The second-order valence-electron chi connectivity index (χ2n) is 8.47. The maximum atomic E-state index is 10.6. The summed E-state index contributed by atoms with van der Waals surface area (Å²) in [5.41, 5.74) is 1.15. The number of rotatable bonds is 4. The van der Waals surface area contributed by atoms with Gasteiger partial charge in [-0.1, -0.05) is 6.07 Å². The van der Waals surface area contributed by atoms with Gasteiger partial charge in [0.1, 0.15) is 5.82 Å². The molecular formula is C22H27F6N5O4. The van der Waals surface area contributed by atoms with Gasteiger partial charge in [0, 0.05) is 50.7 Å². The Morgan fingerprint density at radius 2 is 1.49 bits per heavy atom. The summed E-state index contributed by atoms with van der Waals surface area (Å²) in [5.74, 6) is -3.67. The lowest BCUT2D eigenvalue weighted by atomic mass is 10.1. The van der Waals surface area contributed by atoms with E-state index in [4.69, 9.17) is 19.8 Å². The van der Waals surface area contributed by atoms with Crippen LogP contribution in [0.4, 0.5) is 26.3 Å². The van der Waals surface area contributed by atoms with E-state index in [1.54, 1.807) is 0 Å². The lowest BCUT2D eigenvalue weighted by molar-refractivity contribution is -0.193. The zero-order chi connectivity index (χ0) is 27.6. The molecule has 2 aliphatic heterocycles. The highest BCUT2D eigenvalue weighted by Gasteiger charge is 2.38. The average molecular weight is 539 g/mol. The molecule has 206 valence electrons. The topological polar surface area (TPSA) is 112 Å². The fourth-order valence-electron chi connectivity index (χ4n) is 3.91. The lowest BCUT2D eigenvalue weighted by Gasteiger charge is -2.26. The normalized spacial score (nSPS) is 18.5. The molecule has 37 heavy (non-hydrogen) atoms. The maximum Gasteiger partial charge on any atom is 0.490 e. The third kappa shape index (κ3) is 10.8. The first-order chi connectivity index (χ1) is 17.3. The minimum atomic E-state index is -5.08. The molecule has 1 unspecified atom stereocenters. The van der Waals surface area contributed by atoms with Crippen LogP contribution >= 0.6 is 0 Å². The number of pyridine rings is 1. The molecule has 0 spiro atoms. The van der Waals surface area contributed by atoms with Gasteiger partial charge in [0.15, 0.2) is 0 Å². The molecule has 9 nitrogen and oxygen atoms in total. The van der Waals surface area contributed by atoms with Crippen LogP contribution in [0, 0.1) is 5.92 Å². The summed E-state index contributed by atoms with van der Waals surface area (Å²) >= 11 is 0. The number of aliphatic carboxylic acids is 2. The number of halogens is 6. The van der Waals surface area contributed by atoms with Crippen molar-refractivity contribution in [1.82, 2.24) is 24.3 Å². The van der Waals surface area contributed by atoms with E-state index in [0.717, 1.165) is 31.9 Å². The molecule has 0 aromatic carbocycles. The number of likely N-dealkylation sites (tertiary alicyclic amines) is 1. The number of nitrogens with zero attached hydrogens (tertiary/aromatic N) is 5. The minimum absolute atomic E-state index is 0.660. The molecule has 2 N–H and O–H groups in total. The Kier molecular flexibility index (Phi) is 10.9.